The van der Waals surface area contributed by atoms with E-state index in [1.165, 1.54) is 23.2 Å². The molecule has 2 rings (SSSR count). The van der Waals surface area contributed by atoms with Gasteiger partial charge in [0.15, 0.2) is 4.77 Å². The molecule has 0 amide bonds. The second-order valence-corrected chi connectivity index (χ2v) is 4.58. The Labute approximate surface area is 112 Å². The highest BCUT2D eigenvalue weighted by molar-refractivity contribution is 7.71. The highest BCUT2D eigenvalue weighted by Gasteiger charge is 2.10. The number of nitrogens with zero attached hydrogens (tertiary/aromatic N) is 3. The Morgan fingerprint density at radius 2 is 1.44 bits per heavy atom. The second kappa shape index (κ2) is 4.55. The Kier molecular flexibility index (Phi) is 3.23. The van der Waals surface area contributed by atoms with Crippen LogP contribution in [0.1, 0.15) is 0 Å². The fourth-order valence-electron chi connectivity index (χ4n) is 1.58. The normalized spacial score (nSPS) is 10.6. The summed E-state index contributed by atoms with van der Waals surface area (Å²) >= 11 is 10.8. The van der Waals surface area contributed by atoms with Crippen molar-refractivity contribution in [3.05, 3.63) is 55.0 Å². The van der Waals surface area contributed by atoms with Gasteiger partial charge in [0.25, 0.3) is 0 Å². The molecular formula is C11H10ClN3O2S. The molecule has 0 aliphatic rings. The van der Waals surface area contributed by atoms with Gasteiger partial charge in [-0.25, -0.2) is 14.2 Å². The first-order valence-electron chi connectivity index (χ1n) is 5.08. The zero-order valence-corrected chi connectivity index (χ0v) is 11.3. The molecule has 0 spiro atoms. The van der Waals surface area contributed by atoms with Gasteiger partial charge in [0, 0.05) is 19.1 Å². The van der Waals surface area contributed by atoms with Crippen molar-refractivity contribution in [1.82, 2.24) is 13.7 Å². The van der Waals surface area contributed by atoms with Crippen LogP contribution in [-0.4, -0.2) is 13.7 Å². The number of halogens is 1. The highest BCUT2D eigenvalue weighted by Crippen LogP contribution is 2.10. The van der Waals surface area contributed by atoms with Crippen molar-refractivity contribution in [2.75, 3.05) is 0 Å². The van der Waals surface area contributed by atoms with E-state index in [-0.39, 0.29) is 4.77 Å². The topological polar surface area (TPSA) is 48.9 Å². The van der Waals surface area contributed by atoms with Crippen LogP contribution in [0.2, 0.25) is 5.02 Å². The van der Waals surface area contributed by atoms with E-state index in [9.17, 15) is 9.59 Å². The van der Waals surface area contributed by atoms with Crippen molar-refractivity contribution in [2.45, 2.75) is 0 Å². The smallest absolute Gasteiger partial charge is 0.273 e. The average Bonchev–Trinajstić information content (AvgIpc) is 2.36. The summed E-state index contributed by atoms with van der Waals surface area (Å²) in [6.45, 7) is 0. The summed E-state index contributed by atoms with van der Waals surface area (Å²) in [5.74, 6) is 0. The molecule has 18 heavy (non-hydrogen) atoms. The molecule has 94 valence electrons. The van der Waals surface area contributed by atoms with Crippen LogP contribution in [0.25, 0.3) is 5.69 Å². The van der Waals surface area contributed by atoms with Crippen molar-refractivity contribution in [3.63, 3.8) is 0 Å². The maximum atomic E-state index is 12.1. The average molecular weight is 284 g/mol. The number of hydrogen-bond acceptors (Lipinski definition) is 3. The van der Waals surface area contributed by atoms with E-state index >= 15 is 0 Å². The van der Waals surface area contributed by atoms with Crippen LogP contribution in [0.5, 0.6) is 0 Å². The molecule has 1 heterocycles. The predicted molar refractivity (Wildman–Crippen MR) is 72.1 cm³/mol. The third-order valence-electron chi connectivity index (χ3n) is 2.62. The van der Waals surface area contributed by atoms with Gasteiger partial charge in [-0.15, -0.1) is 0 Å². The molecular weight excluding hydrogens is 274 g/mol. The summed E-state index contributed by atoms with van der Waals surface area (Å²) in [6, 6.07) is 6.44. The molecule has 0 atom stereocenters. The molecule has 5 nitrogen and oxygen atoms in total. The summed E-state index contributed by atoms with van der Waals surface area (Å²) in [5.41, 5.74) is -0.508. The van der Waals surface area contributed by atoms with Crippen LogP contribution in [0.15, 0.2) is 33.9 Å². The second-order valence-electron chi connectivity index (χ2n) is 3.78. The predicted octanol–water partition coefficient (Wildman–Crippen LogP) is 1.26. The standard InChI is InChI=1S/C11H10ClN3O2S/c1-13-9(16)15(10(17)14(2)11(13)18)8-5-3-7(12)4-6-8/h3-6H,1-2H3. The van der Waals surface area contributed by atoms with Gasteiger partial charge in [-0.3, -0.25) is 9.13 Å². The van der Waals surface area contributed by atoms with Crippen LogP contribution in [0, 0.1) is 4.77 Å². The quantitative estimate of drug-likeness (QED) is 0.740. The molecule has 0 bridgehead atoms. The van der Waals surface area contributed by atoms with Crippen LogP contribution < -0.4 is 11.4 Å². The number of hydrogen-bond donors (Lipinski definition) is 0. The maximum Gasteiger partial charge on any atom is 0.338 e. The number of rotatable bonds is 1. The molecule has 0 saturated heterocycles. The van der Waals surface area contributed by atoms with Crippen molar-refractivity contribution < 1.29 is 0 Å². The monoisotopic (exact) mass is 283 g/mol. The first-order chi connectivity index (χ1) is 8.43. The first kappa shape index (κ1) is 12.8. The van der Waals surface area contributed by atoms with Crippen molar-refractivity contribution in [2.24, 2.45) is 14.1 Å². The molecule has 1 aromatic carbocycles. The third-order valence-corrected chi connectivity index (χ3v) is 3.41. The molecule has 0 fully saturated rings. The lowest BCUT2D eigenvalue weighted by atomic mass is 10.3. The van der Waals surface area contributed by atoms with Crippen molar-refractivity contribution in [3.8, 4) is 5.69 Å². The van der Waals surface area contributed by atoms with Crippen LogP contribution in [0.4, 0.5) is 0 Å². The van der Waals surface area contributed by atoms with Gasteiger partial charge >= 0.3 is 11.4 Å². The fraction of sp³-hybridized carbons (Fsp3) is 0.182. The molecule has 1 aromatic heterocycles. The van der Waals surface area contributed by atoms with Crippen LogP contribution in [0.3, 0.4) is 0 Å². The zero-order valence-electron chi connectivity index (χ0n) is 9.75. The highest BCUT2D eigenvalue weighted by atomic mass is 35.5. The minimum absolute atomic E-state index is 0.176. The Hall–Kier alpha value is -1.66. The van der Waals surface area contributed by atoms with Crippen LogP contribution >= 0.6 is 23.8 Å². The minimum Gasteiger partial charge on any atom is -0.273 e. The molecule has 0 radical (unpaired) electrons. The summed E-state index contributed by atoms with van der Waals surface area (Å²) in [6.07, 6.45) is 0. The Morgan fingerprint density at radius 3 is 1.89 bits per heavy atom. The van der Waals surface area contributed by atoms with E-state index in [0.29, 0.717) is 10.7 Å². The largest absolute Gasteiger partial charge is 0.338 e. The van der Waals surface area contributed by atoms with Gasteiger partial charge in [0.05, 0.1) is 5.69 Å². The lowest BCUT2D eigenvalue weighted by molar-refractivity contribution is 0.603. The van der Waals surface area contributed by atoms with Gasteiger partial charge in [-0.1, -0.05) is 11.6 Å². The van der Waals surface area contributed by atoms with E-state index in [0.717, 1.165) is 4.57 Å². The SMILES string of the molecule is Cn1c(=S)n(C)c(=O)n(-c2ccc(Cl)cc2)c1=O. The summed E-state index contributed by atoms with van der Waals surface area (Å²) in [4.78, 5) is 24.1. The summed E-state index contributed by atoms with van der Waals surface area (Å²) in [7, 11) is 3.05. The summed E-state index contributed by atoms with van der Waals surface area (Å²) < 4.78 is 3.71. The molecule has 7 heteroatoms. The van der Waals surface area contributed by atoms with Gasteiger partial charge in [0.2, 0.25) is 0 Å². The molecule has 0 saturated carbocycles. The van der Waals surface area contributed by atoms with Crippen molar-refractivity contribution in [1.29, 1.82) is 0 Å². The molecule has 0 unspecified atom stereocenters. The minimum atomic E-state index is -0.481. The van der Waals surface area contributed by atoms with E-state index in [1.807, 2.05) is 0 Å². The lowest BCUT2D eigenvalue weighted by Crippen LogP contribution is -2.43. The van der Waals surface area contributed by atoms with E-state index < -0.39 is 11.4 Å². The molecule has 0 aliphatic carbocycles. The van der Waals surface area contributed by atoms with E-state index in [4.69, 9.17) is 23.8 Å². The lowest BCUT2D eigenvalue weighted by Gasteiger charge is -2.10. The number of aromatic nitrogens is 3. The van der Waals surface area contributed by atoms with E-state index in [2.05, 4.69) is 0 Å². The van der Waals surface area contributed by atoms with Crippen LogP contribution in [-0.2, 0) is 14.1 Å². The Morgan fingerprint density at radius 1 is 1.00 bits per heavy atom. The fourth-order valence-corrected chi connectivity index (χ4v) is 1.86. The van der Waals surface area contributed by atoms with Gasteiger partial charge in [-0.2, -0.15) is 0 Å². The molecule has 0 aliphatic heterocycles. The zero-order chi connectivity index (χ0) is 13.4. The van der Waals surface area contributed by atoms with E-state index in [1.54, 1.807) is 24.3 Å². The van der Waals surface area contributed by atoms with Crippen molar-refractivity contribution >= 4 is 23.8 Å². The first-order valence-corrected chi connectivity index (χ1v) is 5.87. The third kappa shape index (κ3) is 1.93. The molecule has 2 aromatic rings. The summed E-state index contributed by atoms with van der Waals surface area (Å²) in [5, 5.41) is 0.535. The Balaban J connectivity index is 2.89. The van der Waals surface area contributed by atoms with Gasteiger partial charge < -0.3 is 0 Å². The van der Waals surface area contributed by atoms with Gasteiger partial charge in [0.1, 0.15) is 0 Å². The molecule has 0 N–H and O–H groups in total. The van der Waals surface area contributed by atoms with Gasteiger partial charge in [-0.05, 0) is 36.5 Å². The number of benzene rings is 1. The maximum absolute atomic E-state index is 12.1. The Bertz CT molecular complexity index is 731.